The number of likely N-dealkylation sites (N-methyl/N-ethyl adjacent to an activating group) is 1. The van der Waals surface area contributed by atoms with Crippen molar-refractivity contribution in [2.24, 2.45) is 5.92 Å². The summed E-state index contributed by atoms with van der Waals surface area (Å²) in [7, 11) is 2.00. The second-order valence-electron chi connectivity index (χ2n) is 4.18. The highest BCUT2D eigenvalue weighted by Gasteiger charge is 2.33. The molecule has 2 rings (SSSR count). The first-order valence-corrected chi connectivity index (χ1v) is 5.26. The van der Waals surface area contributed by atoms with Gasteiger partial charge in [0.15, 0.2) is 0 Å². The van der Waals surface area contributed by atoms with Gasteiger partial charge in [-0.1, -0.05) is 0 Å². The molecule has 13 heavy (non-hydrogen) atoms. The summed E-state index contributed by atoms with van der Waals surface area (Å²) in [6.07, 6.45) is 4.50. The summed E-state index contributed by atoms with van der Waals surface area (Å²) in [5.74, 6) is 1.18. The minimum atomic E-state index is 0.348. The highest BCUT2D eigenvalue weighted by atomic mass is 16.2. The summed E-state index contributed by atoms with van der Waals surface area (Å²) >= 11 is 0. The van der Waals surface area contributed by atoms with Crippen LogP contribution in [0.3, 0.4) is 0 Å². The number of carbonyl (C=O) groups is 1. The summed E-state index contributed by atoms with van der Waals surface area (Å²) in [6, 6.07) is 0.544. The van der Waals surface area contributed by atoms with Crippen molar-refractivity contribution >= 4 is 5.91 Å². The van der Waals surface area contributed by atoms with E-state index in [1.807, 2.05) is 11.9 Å². The van der Waals surface area contributed by atoms with Gasteiger partial charge in [-0.3, -0.25) is 4.79 Å². The molecule has 1 heterocycles. The maximum absolute atomic E-state index is 11.4. The molecule has 0 spiro atoms. The molecule has 0 aromatic rings. The van der Waals surface area contributed by atoms with E-state index in [0.29, 0.717) is 11.9 Å². The lowest BCUT2D eigenvalue weighted by Crippen LogP contribution is -2.41. The maximum Gasteiger partial charge on any atom is 0.222 e. The van der Waals surface area contributed by atoms with E-state index in [2.05, 4.69) is 5.32 Å². The predicted molar refractivity (Wildman–Crippen MR) is 51.4 cm³/mol. The number of rotatable bonds is 4. The number of carbonyl (C=O) groups excluding carboxylic acids is 1. The largest absolute Gasteiger partial charge is 0.341 e. The van der Waals surface area contributed by atoms with Gasteiger partial charge in [0.2, 0.25) is 5.91 Å². The molecule has 1 N–H and O–H groups in total. The van der Waals surface area contributed by atoms with Gasteiger partial charge in [-0.25, -0.2) is 0 Å². The fraction of sp³-hybridized carbons (Fsp3) is 0.900. The van der Waals surface area contributed by atoms with E-state index in [9.17, 15) is 4.79 Å². The lowest BCUT2D eigenvalue weighted by molar-refractivity contribution is -0.128. The molecule has 3 nitrogen and oxygen atoms in total. The summed E-state index contributed by atoms with van der Waals surface area (Å²) < 4.78 is 0. The van der Waals surface area contributed by atoms with Gasteiger partial charge in [0.25, 0.3) is 0 Å². The van der Waals surface area contributed by atoms with Crippen LogP contribution in [0.1, 0.15) is 25.7 Å². The molecule has 1 saturated heterocycles. The molecule has 74 valence electrons. The Kier molecular flexibility index (Phi) is 2.54. The van der Waals surface area contributed by atoms with Crippen LogP contribution in [0.4, 0.5) is 0 Å². The Morgan fingerprint density at radius 2 is 2.38 bits per heavy atom. The predicted octanol–water partition coefficient (Wildman–Crippen LogP) is 0.607. The molecular formula is C10H18N2O. The fourth-order valence-corrected chi connectivity index (χ4v) is 2.11. The van der Waals surface area contributed by atoms with Gasteiger partial charge in [-0.05, 0) is 32.2 Å². The van der Waals surface area contributed by atoms with Crippen molar-refractivity contribution in [3.63, 3.8) is 0 Å². The van der Waals surface area contributed by atoms with Gasteiger partial charge in [-0.2, -0.15) is 0 Å². The van der Waals surface area contributed by atoms with E-state index < -0.39 is 0 Å². The van der Waals surface area contributed by atoms with E-state index >= 15 is 0 Å². The Balaban J connectivity index is 1.83. The van der Waals surface area contributed by atoms with Crippen LogP contribution in [-0.2, 0) is 4.79 Å². The molecule has 0 aromatic carbocycles. The first kappa shape index (κ1) is 9.00. The van der Waals surface area contributed by atoms with Crippen molar-refractivity contribution in [2.45, 2.75) is 31.7 Å². The SMILES string of the molecule is CNC(CN1CCCC1=O)C1CC1. The highest BCUT2D eigenvalue weighted by molar-refractivity contribution is 5.78. The molecule has 3 heteroatoms. The first-order chi connectivity index (χ1) is 6.31. The second-order valence-corrected chi connectivity index (χ2v) is 4.18. The summed E-state index contributed by atoms with van der Waals surface area (Å²) in [5.41, 5.74) is 0. The molecule has 0 bridgehead atoms. The number of hydrogen-bond donors (Lipinski definition) is 1. The Morgan fingerprint density at radius 3 is 2.85 bits per heavy atom. The van der Waals surface area contributed by atoms with Crippen molar-refractivity contribution in [3.05, 3.63) is 0 Å². The van der Waals surface area contributed by atoms with Crippen molar-refractivity contribution in [1.82, 2.24) is 10.2 Å². The van der Waals surface area contributed by atoms with Gasteiger partial charge in [0.1, 0.15) is 0 Å². The van der Waals surface area contributed by atoms with Crippen LogP contribution < -0.4 is 5.32 Å². The molecule has 1 amide bonds. The number of hydrogen-bond acceptors (Lipinski definition) is 2. The van der Waals surface area contributed by atoms with Crippen LogP contribution >= 0.6 is 0 Å². The van der Waals surface area contributed by atoms with Crippen LogP contribution in [0.15, 0.2) is 0 Å². The van der Waals surface area contributed by atoms with E-state index in [4.69, 9.17) is 0 Å². The quantitative estimate of drug-likeness (QED) is 0.691. The topological polar surface area (TPSA) is 32.3 Å². The zero-order valence-electron chi connectivity index (χ0n) is 8.25. The number of likely N-dealkylation sites (tertiary alicyclic amines) is 1. The van der Waals surface area contributed by atoms with E-state index in [-0.39, 0.29) is 0 Å². The Morgan fingerprint density at radius 1 is 1.62 bits per heavy atom. The van der Waals surface area contributed by atoms with E-state index in [0.717, 1.165) is 31.8 Å². The van der Waals surface area contributed by atoms with Crippen molar-refractivity contribution in [1.29, 1.82) is 0 Å². The van der Waals surface area contributed by atoms with Gasteiger partial charge < -0.3 is 10.2 Å². The average molecular weight is 182 g/mol. The van der Waals surface area contributed by atoms with Gasteiger partial charge in [0, 0.05) is 25.6 Å². The molecule has 1 unspecified atom stereocenters. The molecular weight excluding hydrogens is 164 g/mol. The van der Waals surface area contributed by atoms with E-state index in [1.165, 1.54) is 12.8 Å². The van der Waals surface area contributed by atoms with Crippen LogP contribution in [0.5, 0.6) is 0 Å². The fourth-order valence-electron chi connectivity index (χ4n) is 2.11. The Hall–Kier alpha value is -0.570. The highest BCUT2D eigenvalue weighted by Crippen LogP contribution is 2.33. The minimum Gasteiger partial charge on any atom is -0.341 e. The molecule has 1 aliphatic heterocycles. The van der Waals surface area contributed by atoms with Gasteiger partial charge in [-0.15, -0.1) is 0 Å². The van der Waals surface area contributed by atoms with Crippen LogP contribution in [0.25, 0.3) is 0 Å². The van der Waals surface area contributed by atoms with Crippen LogP contribution in [0, 0.1) is 5.92 Å². The van der Waals surface area contributed by atoms with Crippen molar-refractivity contribution in [2.75, 3.05) is 20.1 Å². The summed E-state index contributed by atoms with van der Waals surface area (Å²) in [4.78, 5) is 13.4. The average Bonchev–Trinajstić information content (AvgIpc) is 2.88. The maximum atomic E-state index is 11.4. The molecule has 1 saturated carbocycles. The third-order valence-electron chi connectivity index (χ3n) is 3.15. The normalized spacial score (nSPS) is 25.3. The number of nitrogens with zero attached hydrogens (tertiary/aromatic N) is 1. The molecule has 2 aliphatic rings. The molecule has 0 aromatic heterocycles. The van der Waals surface area contributed by atoms with Crippen LogP contribution in [0.2, 0.25) is 0 Å². The smallest absolute Gasteiger partial charge is 0.222 e. The molecule has 1 aliphatic carbocycles. The first-order valence-electron chi connectivity index (χ1n) is 5.26. The molecule has 0 radical (unpaired) electrons. The third-order valence-corrected chi connectivity index (χ3v) is 3.15. The number of nitrogens with one attached hydrogen (secondary N) is 1. The lowest BCUT2D eigenvalue weighted by Gasteiger charge is -2.23. The zero-order valence-corrected chi connectivity index (χ0v) is 8.25. The Bertz CT molecular complexity index is 201. The minimum absolute atomic E-state index is 0.348. The monoisotopic (exact) mass is 182 g/mol. The number of amides is 1. The van der Waals surface area contributed by atoms with Crippen molar-refractivity contribution in [3.8, 4) is 0 Å². The summed E-state index contributed by atoms with van der Waals surface area (Å²) in [5, 5.41) is 3.32. The zero-order chi connectivity index (χ0) is 9.26. The lowest BCUT2D eigenvalue weighted by atomic mass is 10.2. The van der Waals surface area contributed by atoms with Crippen LogP contribution in [-0.4, -0.2) is 37.0 Å². The second kappa shape index (κ2) is 3.66. The van der Waals surface area contributed by atoms with Crippen molar-refractivity contribution < 1.29 is 4.79 Å². The Labute approximate surface area is 79.5 Å². The standard InChI is InChI=1S/C10H18N2O/c1-11-9(8-4-5-8)7-12-6-2-3-10(12)13/h8-9,11H,2-7H2,1H3. The van der Waals surface area contributed by atoms with Gasteiger partial charge in [0.05, 0.1) is 0 Å². The molecule has 2 fully saturated rings. The third kappa shape index (κ3) is 2.02. The van der Waals surface area contributed by atoms with E-state index in [1.54, 1.807) is 0 Å². The summed E-state index contributed by atoms with van der Waals surface area (Å²) in [6.45, 7) is 1.91. The molecule has 1 atom stereocenters. The van der Waals surface area contributed by atoms with Gasteiger partial charge >= 0.3 is 0 Å².